The second kappa shape index (κ2) is 3.98. The topological polar surface area (TPSA) is 26.3 Å². The van der Waals surface area contributed by atoms with Crippen LogP contribution in [0.25, 0.3) is 0 Å². The van der Waals surface area contributed by atoms with E-state index in [4.69, 9.17) is 46.4 Å². The average Bonchev–Trinajstić information content (AvgIpc) is 1.59. The van der Waals surface area contributed by atoms with Crippen molar-refractivity contribution in [2.24, 2.45) is 0 Å². The van der Waals surface area contributed by atoms with Gasteiger partial charge < -0.3 is 4.18 Å². The summed E-state index contributed by atoms with van der Waals surface area (Å²) in [5.74, 6) is 0. The molecule has 0 spiro atoms. The van der Waals surface area contributed by atoms with E-state index in [-0.39, 0.29) is 0 Å². The first kappa shape index (κ1) is 9.98. The molecule has 0 aromatic carbocycles. The minimum absolute atomic E-state index is 0.356. The minimum atomic E-state index is -1.66. The van der Waals surface area contributed by atoms with E-state index >= 15 is 0 Å². The minimum Gasteiger partial charge on any atom is -0.375 e. The van der Waals surface area contributed by atoms with Crippen LogP contribution in [-0.2, 0) is 4.18 Å². The smallest absolute Gasteiger partial charge is 0.375 e. The van der Waals surface area contributed by atoms with E-state index in [0.29, 0.717) is 12.0 Å². The molecule has 9 heavy (non-hydrogen) atoms. The standard InChI is InChI=1S/C2Cl4O2S/c3-1(7)8-9-2(4,5)6. The van der Waals surface area contributed by atoms with E-state index in [2.05, 4.69) is 4.18 Å². The molecule has 0 N–H and O–H groups in total. The van der Waals surface area contributed by atoms with Crippen LogP contribution in [0, 0.1) is 0 Å². The third-order valence-electron chi connectivity index (χ3n) is 0.202. The molecule has 0 saturated heterocycles. The van der Waals surface area contributed by atoms with E-state index in [1.165, 1.54) is 0 Å². The summed E-state index contributed by atoms with van der Waals surface area (Å²) in [4.78, 5) is 9.84. The summed E-state index contributed by atoms with van der Waals surface area (Å²) in [7, 11) is 0. The summed E-state index contributed by atoms with van der Waals surface area (Å²) >= 11 is 20.5. The first-order valence-corrected chi connectivity index (χ1v) is 3.79. The lowest BCUT2D eigenvalue weighted by Crippen LogP contribution is -1.96. The molecule has 0 aliphatic heterocycles. The molecule has 0 radical (unpaired) electrons. The van der Waals surface area contributed by atoms with Crippen LogP contribution in [0.5, 0.6) is 0 Å². The molecule has 0 aliphatic carbocycles. The number of hydrogen-bond donors (Lipinski definition) is 0. The monoisotopic (exact) mass is 228 g/mol. The first-order valence-electron chi connectivity index (χ1n) is 1.53. The predicted molar refractivity (Wildman–Crippen MR) is 40.2 cm³/mol. The van der Waals surface area contributed by atoms with Gasteiger partial charge in [0.05, 0.1) is 0 Å². The number of halogens is 4. The SMILES string of the molecule is O=C(Cl)OSC(Cl)(Cl)Cl. The number of carbonyl (C=O) groups excluding carboxylic acids is 1. The molecule has 54 valence electrons. The third kappa shape index (κ3) is 8.98. The molecule has 0 aromatic rings. The van der Waals surface area contributed by atoms with E-state index in [1.807, 2.05) is 0 Å². The fourth-order valence-corrected chi connectivity index (χ4v) is 0.618. The van der Waals surface area contributed by atoms with Gasteiger partial charge >= 0.3 is 5.43 Å². The van der Waals surface area contributed by atoms with Crippen molar-refractivity contribution in [2.45, 2.75) is 3.12 Å². The van der Waals surface area contributed by atoms with Gasteiger partial charge in [-0.1, -0.05) is 34.8 Å². The zero-order valence-electron chi connectivity index (χ0n) is 3.74. The molecule has 0 bridgehead atoms. The maximum atomic E-state index is 9.84. The number of rotatable bonds is 1. The van der Waals surface area contributed by atoms with E-state index in [1.54, 1.807) is 0 Å². The zero-order chi connectivity index (χ0) is 7.49. The maximum absolute atomic E-state index is 9.84. The Hall–Kier alpha value is 0.980. The zero-order valence-corrected chi connectivity index (χ0v) is 7.58. The summed E-state index contributed by atoms with van der Waals surface area (Å²) < 4.78 is 2.39. The second-order valence-corrected chi connectivity index (χ2v) is 5.06. The van der Waals surface area contributed by atoms with Gasteiger partial charge in [-0.25, -0.2) is 4.79 Å². The number of carbonyl (C=O) groups is 1. The molecule has 0 aromatic heterocycles. The average molecular weight is 230 g/mol. The Kier molecular flexibility index (Phi) is 4.42. The normalized spacial score (nSPS) is 11.1. The van der Waals surface area contributed by atoms with E-state index in [0.717, 1.165) is 0 Å². The molecule has 0 heterocycles. The fraction of sp³-hybridized carbons (Fsp3) is 0.500. The molecule has 0 unspecified atom stereocenters. The lowest BCUT2D eigenvalue weighted by Gasteiger charge is -2.05. The van der Waals surface area contributed by atoms with Crippen molar-refractivity contribution in [3.63, 3.8) is 0 Å². The fourth-order valence-electron chi connectivity index (χ4n) is 0.0800. The first-order chi connectivity index (χ1) is 3.92. The van der Waals surface area contributed by atoms with Gasteiger partial charge in [0, 0.05) is 11.6 Å². The highest BCUT2D eigenvalue weighted by Gasteiger charge is 2.23. The Bertz CT molecular complexity index is 110. The van der Waals surface area contributed by atoms with Crippen molar-refractivity contribution >= 4 is 63.9 Å². The largest absolute Gasteiger partial charge is 0.416 e. The maximum Gasteiger partial charge on any atom is 0.416 e. The van der Waals surface area contributed by atoms with Gasteiger partial charge in [-0.2, -0.15) is 0 Å². The Morgan fingerprint density at radius 2 is 1.89 bits per heavy atom. The Labute approximate surface area is 75.9 Å². The predicted octanol–water partition coefficient (Wildman–Crippen LogP) is 3.34. The van der Waals surface area contributed by atoms with Crippen LogP contribution in [0.15, 0.2) is 0 Å². The van der Waals surface area contributed by atoms with Crippen molar-refractivity contribution in [1.82, 2.24) is 0 Å². The van der Waals surface area contributed by atoms with Crippen LogP contribution in [0.1, 0.15) is 0 Å². The van der Waals surface area contributed by atoms with Gasteiger partial charge in [-0.15, -0.1) is 0 Å². The Morgan fingerprint density at radius 3 is 2.00 bits per heavy atom. The molecule has 0 atom stereocenters. The Balaban J connectivity index is 3.39. The van der Waals surface area contributed by atoms with Gasteiger partial charge in [0.15, 0.2) is 0 Å². The van der Waals surface area contributed by atoms with Crippen LogP contribution in [0.2, 0.25) is 0 Å². The molecule has 0 saturated carbocycles. The highest BCUT2D eigenvalue weighted by atomic mass is 35.6. The van der Waals surface area contributed by atoms with Crippen LogP contribution in [0.4, 0.5) is 4.79 Å². The molecular formula is C2Cl4O2S. The molecule has 0 aliphatic rings. The van der Waals surface area contributed by atoms with Crippen LogP contribution in [-0.4, -0.2) is 8.55 Å². The number of hydrogen-bond acceptors (Lipinski definition) is 3. The highest BCUT2D eigenvalue weighted by molar-refractivity contribution is 8.00. The molecule has 2 nitrogen and oxygen atoms in total. The summed E-state index contributed by atoms with van der Waals surface area (Å²) in [6.07, 6.45) is 0. The van der Waals surface area contributed by atoms with Crippen LogP contribution >= 0.6 is 58.4 Å². The second-order valence-electron chi connectivity index (χ2n) is 0.850. The quantitative estimate of drug-likeness (QED) is 0.392. The van der Waals surface area contributed by atoms with E-state index < -0.39 is 8.55 Å². The van der Waals surface area contributed by atoms with Crippen molar-refractivity contribution in [3.8, 4) is 0 Å². The van der Waals surface area contributed by atoms with Crippen molar-refractivity contribution in [1.29, 1.82) is 0 Å². The van der Waals surface area contributed by atoms with Gasteiger partial charge in [-0.3, -0.25) is 0 Å². The molecule has 7 heteroatoms. The van der Waals surface area contributed by atoms with Gasteiger partial charge in [0.2, 0.25) is 0 Å². The van der Waals surface area contributed by atoms with Crippen molar-refractivity contribution in [2.75, 3.05) is 0 Å². The van der Waals surface area contributed by atoms with Gasteiger partial charge in [0.1, 0.15) is 12.0 Å². The van der Waals surface area contributed by atoms with E-state index in [9.17, 15) is 4.79 Å². The molecule has 0 fully saturated rings. The van der Waals surface area contributed by atoms with Gasteiger partial charge in [0.25, 0.3) is 3.12 Å². The summed E-state index contributed by atoms with van der Waals surface area (Å²) in [5.41, 5.74) is -1.02. The molecule has 0 rings (SSSR count). The summed E-state index contributed by atoms with van der Waals surface area (Å²) in [6, 6.07) is 0. The number of alkyl halides is 3. The Morgan fingerprint density at radius 1 is 1.44 bits per heavy atom. The summed E-state index contributed by atoms with van der Waals surface area (Å²) in [5, 5.41) is 0. The summed E-state index contributed by atoms with van der Waals surface area (Å²) in [6.45, 7) is 0. The van der Waals surface area contributed by atoms with Crippen LogP contribution in [0.3, 0.4) is 0 Å². The lowest BCUT2D eigenvalue weighted by atomic mass is 11.6. The highest BCUT2D eigenvalue weighted by Crippen LogP contribution is 2.39. The van der Waals surface area contributed by atoms with Crippen molar-refractivity contribution in [3.05, 3.63) is 0 Å². The third-order valence-corrected chi connectivity index (χ3v) is 1.36. The molecule has 0 amide bonds. The molecular weight excluding hydrogens is 230 g/mol. The van der Waals surface area contributed by atoms with Crippen LogP contribution < -0.4 is 0 Å². The van der Waals surface area contributed by atoms with Gasteiger partial charge in [-0.05, 0) is 0 Å². The lowest BCUT2D eigenvalue weighted by molar-refractivity contribution is 0.233. The van der Waals surface area contributed by atoms with Crippen molar-refractivity contribution < 1.29 is 8.98 Å².